The molecule has 1 aromatic heterocycles. The molecule has 2 amide bonds. The quantitative estimate of drug-likeness (QED) is 0.383. The molecule has 2 aromatic carbocycles. The van der Waals surface area contributed by atoms with Crippen LogP contribution in [0.2, 0.25) is 5.02 Å². The van der Waals surface area contributed by atoms with E-state index in [0.29, 0.717) is 22.8 Å². The Kier molecular flexibility index (Phi) is 8.48. The van der Waals surface area contributed by atoms with E-state index in [2.05, 4.69) is 37.4 Å². The Morgan fingerprint density at radius 1 is 1.00 bits per heavy atom. The summed E-state index contributed by atoms with van der Waals surface area (Å²) in [5.74, 6) is -0.960. The van der Waals surface area contributed by atoms with E-state index < -0.39 is 5.91 Å². The predicted molar refractivity (Wildman–Crippen MR) is 139 cm³/mol. The van der Waals surface area contributed by atoms with Crippen molar-refractivity contribution in [1.82, 2.24) is 25.1 Å². The third-order valence-corrected chi connectivity index (χ3v) is 6.47. The molecule has 4 rings (SSSR count). The van der Waals surface area contributed by atoms with Gasteiger partial charge in [-0.05, 0) is 36.9 Å². The number of carbonyl (C=O) groups is 3. The molecular formula is C26H29ClN6O3. The molecule has 1 saturated heterocycles. The lowest BCUT2D eigenvalue weighted by Gasteiger charge is -2.32. The molecule has 1 fully saturated rings. The molecule has 188 valence electrons. The molecule has 0 radical (unpaired) electrons. The number of amides is 2. The fourth-order valence-electron chi connectivity index (χ4n) is 3.99. The zero-order valence-electron chi connectivity index (χ0n) is 20.1. The van der Waals surface area contributed by atoms with Crippen LogP contribution < -0.4 is 10.6 Å². The van der Waals surface area contributed by atoms with Crippen molar-refractivity contribution in [3.05, 3.63) is 82.4 Å². The molecule has 3 aromatic rings. The smallest absolute Gasteiger partial charge is 0.276 e. The topological polar surface area (TPSA) is 110 Å². The van der Waals surface area contributed by atoms with Crippen LogP contribution in [0.5, 0.6) is 0 Å². The van der Waals surface area contributed by atoms with Gasteiger partial charge in [0.1, 0.15) is 5.69 Å². The van der Waals surface area contributed by atoms with Crippen molar-refractivity contribution >= 4 is 34.9 Å². The largest absolute Gasteiger partial charge is 0.349 e. The maximum absolute atomic E-state index is 12.8. The number of anilines is 1. The Morgan fingerprint density at radius 2 is 1.72 bits per heavy atom. The number of likely N-dealkylation sites (N-methyl/N-ethyl adjacent to an activating group) is 1. The van der Waals surface area contributed by atoms with Crippen molar-refractivity contribution in [2.45, 2.75) is 6.42 Å². The molecule has 0 atom stereocenters. The highest BCUT2D eigenvalue weighted by molar-refractivity contribution is 6.34. The molecule has 0 unspecified atom stereocenters. The number of imidazole rings is 1. The fraction of sp³-hybridized carbons (Fsp3) is 0.308. The first-order chi connectivity index (χ1) is 17.4. The maximum Gasteiger partial charge on any atom is 0.276 e. The summed E-state index contributed by atoms with van der Waals surface area (Å²) in [5.41, 5.74) is 1.93. The van der Waals surface area contributed by atoms with Crippen molar-refractivity contribution in [3.63, 3.8) is 0 Å². The summed E-state index contributed by atoms with van der Waals surface area (Å²) in [7, 11) is 2.10. The zero-order chi connectivity index (χ0) is 25.5. The summed E-state index contributed by atoms with van der Waals surface area (Å²) >= 11 is 6.11. The van der Waals surface area contributed by atoms with Gasteiger partial charge in [0.2, 0.25) is 0 Å². The van der Waals surface area contributed by atoms with Gasteiger partial charge in [-0.25, -0.2) is 4.98 Å². The minimum Gasteiger partial charge on any atom is -0.349 e. The van der Waals surface area contributed by atoms with Gasteiger partial charge in [-0.3, -0.25) is 19.3 Å². The summed E-state index contributed by atoms with van der Waals surface area (Å²) in [5, 5.41) is 6.03. The van der Waals surface area contributed by atoms with E-state index in [1.165, 1.54) is 6.33 Å². The van der Waals surface area contributed by atoms with Crippen LogP contribution >= 0.6 is 11.6 Å². The minimum absolute atomic E-state index is 0.0186. The first-order valence-corrected chi connectivity index (χ1v) is 12.2. The zero-order valence-corrected chi connectivity index (χ0v) is 20.8. The number of H-pyrrole nitrogens is 1. The van der Waals surface area contributed by atoms with Crippen molar-refractivity contribution in [2.75, 3.05) is 51.6 Å². The van der Waals surface area contributed by atoms with Crippen LogP contribution in [0, 0.1) is 0 Å². The molecule has 0 saturated carbocycles. The fourth-order valence-corrected chi connectivity index (χ4v) is 4.23. The van der Waals surface area contributed by atoms with E-state index in [-0.39, 0.29) is 29.5 Å². The number of piperazine rings is 1. The average molecular weight is 509 g/mol. The molecular weight excluding hydrogens is 480 g/mol. The number of benzene rings is 2. The second-order valence-electron chi connectivity index (χ2n) is 8.76. The molecule has 0 bridgehead atoms. The third-order valence-electron chi connectivity index (χ3n) is 6.14. The van der Waals surface area contributed by atoms with E-state index in [1.807, 2.05) is 0 Å². The van der Waals surface area contributed by atoms with Gasteiger partial charge in [-0.1, -0.05) is 35.9 Å². The highest BCUT2D eigenvalue weighted by Crippen LogP contribution is 2.19. The molecule has 1 aliphatic rings. The van der Waals surface area contributed by atoms with Crippen molar-refractivity contribution in [1.29, 1.82) is 0 Å². The third kappa shape index (κ3) is 6.57. The maximum atomic E-state index is 12.8. The van der Waals surface area contributed by atoms with E-state index in [1.54, 1.807) is 48.5 Å². The van der Waals surface area contributed by atoms with Gasteiger partial charge in [0.25, 0.3) is 11.8 Å². The van der Waals surface area contributed by atoms with Gasteiger partial charge in [0.15, 0.2) is 11.5 Å². The lowest BCUT2D eigenvalue weighted by Crippen LogP contribution is -2.47. The summed E-state index contributed by atoms with van der Waals surface area (Å²) in [6.07, 6.45) is 1.52. The SMILES string of the molecule is CN1CCN(CCNC(=O)c2[nH]cnc2C(=O)Nc2ccc(CC(=O)c3ccccc3Cl)cc2)CC1. The van der Waals surface area contributed by atoms with E-state index in [4.69, 9.17) is 11.6 Å². The van der Waals surface area contributed by atoms with Crippen LogP contribution in [0.3, 0.4) is 0 Å². The Morgan fingerprint density at radius 3 is 2.44 bits per heavy atom. The average Bonchev–Trinajstić information content (AvgIpc) is 3.37. The highest BCUT2D eigenvalue weighted by atomic mass is 35.5. The number of ketones is 1. The Balaban J connectivity index is 1.30. The summed E-state index contributed by atoms with van der Waals surface area (Å²) in [6, 6.07) is 13.9. The van der Waals surface area contributed by atoms with E-state index in [0.717, 1.165) is 38.3 Å². The van der Waals surface area contributed by atoms with Gasteiger partial charge < -0.3 is 20.5 Å². The molecule has 9 nitrogen and oxygen atoms in total. The highest BCUT2D eigenvalue weighted by Gasteiger charge is 2.21. The lowest BCUT2D eigenvalue weighted by atomic mass is 10.0. The number of halogens is 1. The number of Topliss-reactive ketones (excluding diaryl/α,β-unsaturated/α-hetero) is 1. The van der Waals surface area contributed by atoms with E-state index >= 15 is 0 Å². The number of nitrogens with one attached hydrogen (secondary N) is 3. The van der Waals surface area contributed by atoms with Gasteiger partial charge in [0.05, 0.1) is 11.3 Å². The molecule has 0 aliphatic carbocycles. The molecule has 2 heterocycles. The van der Waals surface area contributed by atoms with E-state index in [9.17, 15) is 14.4 Å². The van der Waals surface area contributed by atoms with Crippen LogP contribution in [0.1, 0.15) is 36.9 Å². The van der Waals surface area contributed by atoms with Gasteiger partial charge >= 0.3 is 0 Å². The Labute approximate surface area is 214 Å². The van der Waals surface area contributed by atoms with Crippen LogP contribution in [0.15, 0.2) is 54.9 Å². The summed E-state index contributed by atoms with van der Waals surface area (Å²) < 4.78 is 0. The van der Waals surface area contributed by atoms with Gasteiger partial charge in [0, 0.05) is 56.9 Å². The van der Waals surface area contributed by atoms with Crippen LogP contribution in [-0.2, 0) is 6.42 Å². The second-order valence-corrected chi connectivity index (χ2v) is 9.17. The van der Waals surface area contributed by atoms with Crippen LogP contribution in [0.25, 0.3) is 0 Å². The lowest BCUT2D eigenvalue weighted by molar-refractivity contribution is 0.0924. The number of carbonyl (C=O) groups excluding carboxylic acids is 3. The molecule has 3 N–H and O–H groups in total. The van der Waals surface area contributed by atoms with Gasteiger partial charge in [-0.2, -0.15) is 0 Å². The number of hydrogen-bond donors (Lipinski definition) is 3. The first-order valence-electron chi connectivity index (χ1n) is 11.8. The van der Waals surface area contributed by atoms with Crippen molar-refractivity contribution in [3.8, 4) is 0 Å². The summed E-state index contributed by atoms with van der Waals surface area (Å²) in [6.45, 7) is 5.20. The van der Waals surface area contributed by atoms with Crippen molar-refractivity contribution in [2.24, 2.45) is 0 Å². The second kappa shape index (κ2) is 11.9. The number of aromatic nitrogens is 2. The Bertz CT molecular complexity index is 1220. The number of nitrogens with zero attached hydrogens (tertiary/aromatic N) is 3. The molecule has 1 aliphatic heterocycles. The molecule has 10 heteroatoms. The first kappa shape index (κ1) is 25.6. The predicted octanol–water partition coefficient (Wildman–Crippen LogP) is 2.72. The summed E-state index contributed by atoms with van der Waals surface area (Å²) in [4.78, 5) is 49.3. The molecule has 36 heavy (non-hydrogen) atoms. The van der Waals surface area contributed by atoms with Gasteiger partial charge in [-0.15, -0.1) is 0 Å². The number of aromatic amines is 1. The minimum atomic E-state index is -0.500. The Hall–Kier alpha value is -3.53. The van der Waals surface area contributed by atoms with Crippen LogP contribution in [0.4, 0.5) is 5.69 Å². The standard InChI is InChI=1S/C26H29ClN6O3/c1-32-12-14-33(15-13-32)11-10-28-25(35)23-24(30-17-29-23)26(36)31-19-8-6-18(7-9-19)16-22(34)20-4-2-3-5-21(20)27/h2-9,17H,10-16H2,1H3,(H,28,35)(H,29,30)(H,31,36). The number of rotatable bonds is 9. The normalized spacial score (nSPS) is 14.4. The monoisotopic (exact) mass is 508 g/mol. The number of hydrogen-bond acceptors (Lipinski definition) is 6. The van der Waals surface area contributed by atoms with Crippen molar-refractivity contribution < 1.29 is 14.4 Å². The van der Waals surface area contributed by atoms with Crippen LogP contribution in [-0.4, -0.2) is 83.7 Å². The molecule has 0 spiro atoms.